The topological polar surface area (TPSA) is 49.5 Å². The number of β-amino-alcohol motifs (C(OH)–C–C–N with tert-alkyl or cyclic N) is 1. The van der Waals surface area contributed by atoms with Crippen molar-refractivity contribution in [2.75, 3.05) is 23.7 Å². The number of nitrogen functional groups attached to an aromatic ring is 1. The molecular formula is C11H14ClFN2O. The van der Waals surface area contributed by atoms with Gasteiger partial charge in [-0.1, -0.05) is 11.6 Å². The van der Waals surface area contributed by atoms with E-state index >= 15 is 0 Å². The first-order valence-electron chi connectivity index (χ1n) is 5.25. The second-order valence-corrected chi connectivity index (χ2v) is 4.47. The van der Waals surface area contributed by atoms with Gasteiger partial charge in [0.25, 0.3) is 0 Å². The van der Waals surface area contributed by atoms with Crippen LogP contribution in [0.15, 0.2) is 12.1 Å². The van der Waals surface area contributed by atoms with Crippen LogP contribution in [0.2, 0.25) is 5.02 Å². The minimum Gasteiger partial charge on any atom is -0.397 e. The average Bonchev–Trinajstić information content (AvgIpc) is 2.23. The van der Waals surface area contributed by atoms with Gasteiger partial charge in [0.05, 0.1) is 22.5 Å². The molecule has 0 bridgehead atoms. The number of benzene rings is 1. The zero-order chi connectivity index (χ0) is 11.7. The third kappa shape index (κ3) is 2.23. The van der Waals surface area contributed by atoms with Gasteiger partial charge in [-0.15, -0.1) is 0 Å². The Kier molecular flexibility index (Phi) is 3.21. The molecule has 1 atom stereocenters. The van der Waals surface area contributed by atoms with Crippen molar-refractivity contribution in [1.29, 1.82) is 0 Å². The molecule has 0 radical (unpaired) electrons. The second kappa shape index (κ2) is 4.47. The minimum absolute atomic E-state index is 0.0595. The monoisotopic (exact) mass is 244 g/mol. The van der Waals surface area contributed by atoms with Crippen LogP contribution in [0, 0.1) is 5.82 Å². The van der Waals surface area contributed by atoms with Crippen molar-refractivity contribution in [3.05, 3.63) is 23.0 Å². The van der Waals surface area contributed by atoms with Gasteiger partial charge >= 0.3 is 0 Å². The highest BCUT2D eigenvalue weighted by molar-refractivity contribution is 6.31. The lowest BCUT2D eigenvalue weighted by Gasteiger charge is -2.32. The Balaban J connectivity index is 2.29. The molecule has 1 heterocycles. The number of hydrogen-bond acceptors (Lipinski definition) is 3. The van der Waals surface area contributed by atoms with Gasteiger partial charge in [0.2, 0.25) is 0 Å². The lowest BCUT2D eigenvalue weighted by atomic mass is 10.1. The summed E-state index contributed by atoms with van der Waals surface area (Å²) in [4.78, 5) is 1.94. The summed E-state index contributed by atoms with van der Waals surface area (Å²) in [6.07, 6.45) is 1.35. The van der Waals surface area contributed by atoms with Crippen LogP contribution in [0.1, 0.15) is 12.8 Å². The van der Waals surface area contributed by atoms with E-state index in [2.05, 4.69) is 0 Å². The summed E-state index contributed by atoms with van der Waals surface area (Å²) in [5, 5.41) is 9.63. The Morgan fingerprint density at radius 1 is 1.50 bits per heavy atom. The molecule has 0 aliphatic carbocycles. The molecule has 1 aromatic carbocycles. The third-order valence-electron chi connectivity index (χ3n) is 2.81. The highest BCUT2D eigenvalue weighted by atomic mass is 35.5. The Morgan fingerprint density at radius 3 is 2.94 bits per heavy atom. The lowest BCUT2D eigenvalue weighted by Crippen LogP contribution is -2.38. The second-order valence-electron chi connectivity index (χ2n) is 4.07. The molecule has 1 aliphatic heterocycles. The zero-order valence-corrected chi connectivity index (χ0v) is 9.54. The van der Waals surface area contributed by atoms with Gasteiger partial charge in [-0.3, -0.25) is 0 Å². The Labute approximate surface area is 98.6 Å². The number of piperidine rings is 1. The molecule has 1 fully saturated rings. The first-order chi connectivity index (χ1) is 7.58. The molecule has 1 unspecified atom stereocenters. The van der Waals surface area contributed by atoms with Crippen LogP contribution in [0.5, 0.6) is 0 Å². The molecule has 0 spiro atoms. The minimum atomic E-state index is -0.513. The highest BCUT2D eigenvalue weighted by Gasteiger charge is 2.20. The molecule has 1 aromatic rings. The van der Waals surface area contributed by atoms with Gasteiger partial charge in [-0.25, -0.2) is 4.39 Å². The summed E-state index contributed by atoms with van der Waals surface area (Å²) >= 11 is 5.72. The van der Waals surface area contributed by atoms with E-state index in [1.807, 2.05) is 4.90 Å². The molecule has 16 heavy (non-hydrogen) atoms. The quantitative estimate of drug-likeness (QED) is 0.743. The van der Waals surface area contributed by atoms with Gasteiger partial charge in [-0.2, -0.15) is 0 Å². The first kappa shape index (κ1) is 11.5. The fourth-order valence-electron chi connectivity index (χ4n) is 2.00. The maximum atomic E-state index is 13.1. The summed E-state index contributed by atoms with van der Waals surface area (Å²) in [6.45, 7) is 1.33. The fourth-order valence-corrected chi connectivity index (χ4v) is 2.16. The fraction of sp³-hybridized carbons (Fsp3) is 0.455. The van der Waals surface area contributed by atoms with Crippen molar-refractivity contribution in [1.82, 2.24) is 0 Å². The number of nitrogens with zero attached hydrogens (tertiary/aromatic N) is 1. The Morgan fingerprint density at radius 2 is 2.25 bits per heavy atom. The molecule has 0 aromatic heterocycles. The van der Waals surface area contributed by atoms with E-state index in [-0.39, 0.29) is 11.1 Å². The molecule has 1 saturated heterocycles. The first-order valence-corrected chi connectivity index (χ1v) is 5.63. The van der Waals surface area contributed by atoms with E-state index in [1.54, 1.807) is 0 Å². The molecule has 88 valence electrons. The van der Waals surface area contributed by atoms with Crippen LogP contribution in [0.25, 0.3) is 0 Å². The zero-order valence-electron chi connectivity index (χ0n) is 8.79. The van der Waals surface area contributed by atoms with Crippen LogP contribution >= 0.6 is 11.6 Å². The van der Waals surface area contributed by atoms with Crippen LogP contribution in [0.4, 0.5) is 15.8 Å². The maximum Gasteiger partial charge on any atom is 0.143 e. The molecule has 0 saturated carbocycles. The normalized spacial score (nSPS) is 21.2. The van der Waals surface area contributed by atoms with Crippen molar-refractivity contribution in [2.45, 2.75) is 18.9 Å². The third-order valence-corrected chi connectivity index (χ3v) is 3.10. The Bertz CT molecular complexity index is 400. The predicted molar refractivity (Wildman–Crippen MR) is 63.3 cm³/mol. The van der Waals surface area contributed by atoms with Gasteiger partial charge in [-0.05, 0) is 18.9 Å². The largest absolute Gasteiger partial charge is 0.397 e. The number of nitrogens with two attached hydrogens (primary N) is 1. The van der Waals surface area contributed by atoms with Gasteiger partial charge < -0.3 is 15.7 Å². The van der Waals surface area contributed by atoms with Gasteiger partial charge in [0, 0.05) is 19.2 Å². The van der Waals surface area contributed by atoms with Crippen LogP contribution in [0.3, 0.4) is 0 Å². The highest BCUT2D eigenvalue weighted by Crippen LogP contribution is 2.31. The summed E-state index contributed by atoms with van der Waals surface area (Å²) < 4.78 is 13.1. The van der Waals surface area contributed by atoms with Crippen molar-refractivity contribution in [2.24, 2.45) is 0 Å². The molecule has 3 nitrogen and oxygen atoms in total. The van der Waals surface area contributed by atoms with Crippen molar-refractivity contribution in [3.8, 4) is 0 Å². The maximum absolute atomic E-state index is 13.1. The smallest absolute Gasteiger partial charge is 0.143 e. The summed E-state index contributed by atoms with van der Waals surface area (Å²) in [5.41, 5.74) is 6.80. The van der Waals surface area contributed by atoms with Crippen molar-refractivity contribution >= 4 is 23.0 Å². The average molecular weight is 245 g/mol. The van der Waals surface area contributed by atoms with Crippen molar-refractivity contribution < 1.29 is 9.50 Å². The SMILES string of the molecule is Nc1cc(F)c(Cl)cc1N1CCCC(O)C1. The van der Waals surface area contributed by atoms with E-state index in [4.69, 9.17) is 17.3 Å². The number of rotatable bonds is 1. The van der Waals surface area contributed by atoms with E-state index < -0.39 is 5.82 Å². The van der Waals surface area contributed by atoms with E-state index in [0.29, 0.717) is 17.9 Å². The standard InChI is InChI=1S/C11H14ClFN2O/c12-8-4-11(10(14)5-9(8)13)15-3-1-2-7(16)6-15/h4-5,7,16H,1-3,6,14H2. The van der Waals surface area contributed by atoms with E-state index in [0.717, 1.165) is 19.4 Å². The summed E-state index contributed by atoms with van der Waals surface area (Å²) in [6, 6.07) is 2.74. The number of hydrogen-bond donors (Lipinski definition) is 2. The van der Waals surface area contributed by atoms with Crippen LogP contribution in [-0.2, 0) is 0 Å². The number of aliphatic hydroxyl groups excluding tert-OH is 1. The van der Waals surface area contributed by atoms with Crippen molar-refractivity contribution in [3.63, 3.8) is 0 Å². The molecule has 5 heteroatoms. The summed E-state index contributed by atoms with van der Waals surface area (Å²) in [7, 11) is 0. The van der Waals surface area contributed by atoms with Gasteiger partial charge in [0.15, 0.2) is 0 Å². The van der Waals surface area contributed by atoms with Gasteiger partial charge in [0.1, 0.15) is 5.82 Å². The lowest BCUT2D eigenvalue weighted by molar-refractivity contribution is 0.154. The Hall–Kier alpha value is -1.00. The van der Waals surface area contributed by atoms with Crippen LogP contribution < -0.4 is 10.6 Å². The molecular weight excluding hydrogens is 231 g/mol. The van der Waals surface area contributed by atoms with Crippen LogP contribution in [-0.4, -0.2) is 24.3 Å². The number of aliphatic hydroxyl groups is 1. The number of halogens is 2. The molecule has 3 N–H and O–H groups in total. The van der Waals surface area contributed by atoms with E-state index in [1.165, 1.54) is 12.1 Å². The molecule has 1 aliphatic rings. The number of anilines is 2. The molecule has 0 amide bonds. The molecule has 2 rings (SSSR count). The summed E-state index contributed by atoms with van der Waals surface area (Å²) in [5.74, 6) is -0.513. The predicted octanol–water partition coefficient (Wildman–Crippen LogP) is 2.02. The van der Waals surface area contributed by atoms with E-state index in [9.17, 15) is 9.50 Å².